The molecule has 1 aromatic rings. The molecule has 0 aliphatic carbocycles. The van der Waals surface area contributed by atoms with Crippen molar-refractivity contribution in [1.29, 1.82) is 0 Å². The minimum Gasteiger partial charge on any atom is -0.288 e. The van der Waals surface area contributed by atoms with Gasteiger partial charge in [0.25, 0.3) is 0 Å². The molecule has 1 aliphatic heterocycles. The van der Waals surface area contributed by atoms with Gasteiger partial charge in [-0.2, -0.15) is 0 Å². The molecular weight excluding hydrogens is 126 g/mol. The van der Waals surface area contributed by atoms with Crippen molar-refractivity contribution in [2.75, 3.05) is 11.6 Å². The van der Waals surface area contributed by atoms with Gasteiger partial charge in [-0.15, -0.1) is 0 Å². The molecule has 0 spiro atoms. The number of hydrogen-bond donors (Lipinski definition) is 0. The predicted molar refractivity (Wildman–Crippen MR) is 39.1 cm³/mol. The first-order valence-electron chi connectivity index (χ1n) is 3.38. The van der Waals surface area contributed by atoms with E-state index in [9.17, 15) is 0 Å². The zero-order valence-corrected chi connectivity index (χ0v) is 5.64. The summed E-state index contributed by atoms with van der Waals surface area (Å²) in [5, 5.41) is 2.12. The van der Waals surface area contributed by atoms with Gasteiger partial charge in [0, 0.05) is 25.1 Å². The van der Waals surface area contributed by atoms with Gasteiger partial charge in [0.05, 0.1) is 0 Å². The van der Waals surface area contributed by atoms with E-state index in [-0.39, 0.29) is 0 Å². The van der Waals surface area contributed by atoms with Crippen LogP contribution in [-0.2, 0) is 0 Å². The maximum absolute atomic E-state index is 3.95. The molecule has 3 heteroatoms. The second kappa shape index (κ2) is 2.17. The van der Waals surface area contributed by atoms with Crippen LogP contribution in [0.25, 0.3) is 0 Å². The second-order valence-corrected chi connectivity index (χ2v) is 2.28. The van der Waals surface area contributed by atoms with Gasteiger partial charge in [-0.3, -0.25) is 5.01 Å². The molecular formula is C7H9N3. The van der Waals surface area contributed by atoms with Crippen LogP contribution in [0.1, 0.15) is 6.42 Å². The van der Waals surface area contributed by atoms with Gasteiger partial charge in [-0.1, -0.05) is 6.08 Å². The molecule has 0 fully saturated rings. The minimum absolute atomic E-state index is 1.07. The Morgan fingerprint density at radius 3 is 3.00 bits per heavy atom. The molecule has 3 nitrogen and oxygen atoms in total. The van der Waals surface area contributed by atoms with Crippen LogP contribution in [0.15, 0.2) is 31.0 Å². The van der Waals surface area contributed by atoms with Crippen LogP contribution in [0.3, 0.4) is 0 Å². The first-order valence-corrected chi connectivity index (χ1v) is 3.38. The third-order valence-corrected chi connectivity index (χ3v) is 1.59. The largest absolute Gasteiger partial charge is 0.288 e. The van der Waals surface area contributed by atoms with Crippen LogP contribution < -0.4 is 5.01 Å². The van der Waals surface area contributed by atoms with E-state index in [2.05, 4.69) is 22.3 Å². The van der Waals surface area contributed by atoms with Gasteiger partial charge in [-0.25, -0.2) is 9.66 Å². The quantitative estimate of drug-likeness (QED) is 0.566. The van der Waals surface area contributed by atoms with E-state index in [4.69, 9.17) is 0 Å². The Balaban J connectivity index is 2.20. The van der Waals surface area contributed by atoms with Crippen molar-refractivity contribution in [2.45, 2.75) is 6.42 Å². The molecule has 10 heavy (non-hydrogen) atoms. The number of imidazole rings is 1. The average Bonchev–Trinajstić information content (AvgIpc) is 2.59. The molecule has 0 unspecified atom stereocenters. The number of aromatic nitrogens is 2. The summed E-state index contributed by atoms with van der Waals surface area (Å²) < 4.78 is 1.98. The Bertz CT molecular complexity index is 225. The van der Waals surface area contributed by atoms with Crippen molar-refractivity contribution in [1.82, 2.24) is 9.66 Å². The zero-order valence-electron chi connectivity index (χ0n) is 5.64. The lowest BCUT2D eigenvalue weighted by atomic mass is 10.5. The first kappa shape index (κ1) is 5.53. The zero-order chi connectivity index (χ0) is 6.81. The van der Waals surface area contributed by atoms with Crippen LogP contribution in [0.4, 0.5) is 0 Å². The van der Waals surface area contributed by atoms with Crippen molar-refractivity contribution in [3.63, 3.8) is 0 Å². The Kier molecular flexibility index (Phi) is 1.20. The molecule has 2 heterocycles. The van der Waals surface area contributed by atoms with E-state index in [0.717, 1.165) is 13.0 Å². The van der Waals surface area contributed by atoms with Gasteiger partial charge in [-0.05, 0) is 6.42 Å². The lowest BCUT2D eigenvalue weighted by Crippen LogP contribution is -2.24. The van der Waals surface area contributed by atoms with Crippen LogP contribution >= 0.6 is 0 Å². The van der Waals surface area contributed by atoms with Crippen molar-refractivity contribution in [3.05, 3.63) is 31.0 Å². The van der Waals surface area contributed by atoms with E-state index in [1.807, 2.05) is 10.9 Å². The molecule has 0 bridgehead atoms. The fraction of sp³-hybridized carbons (Fsp3) is 0.286. The highest BCUT2D eigenvalue weighted by molar-refractivity contribution is 5.08. The maximum Gasteiger partial charge on any atom is 0.114 e. The highest BCUT2D eigenvalue weighted by Crippen LogP contribution is 2.01. The van der Waals surface area contributed by atoms with Crippen molar-refractivity contribution in [2.24, 2.45) is 0 Å². The monoisotopic (exact) mass is 135 g/mol. The summed E-state index contributed by atoms with van der Waals surface area (Å²) in [6.07, 6.45) is 10.9. The van der Waals surface area contributed by atoms with E-state index < -0.39 is 0 Å². The molecule has 0 radical (unpaired) electrons. The fourth-order valence-corrected chi connectivity index (χ4v) is 1.07. The third-order valence-electron chi connectivity index (χ3n) is 1.59. The minimum atomic E-state index is 1.07. The van der Waals surface area contributed by atoms with Crippen molar-refractivity contribution in [3.8, 4) is 0 Å². The molecule has 0 atom stereocenters. The molecule has 52 valence electrons. The number of nitrogens with zero attached hydrogens (tertiary/aromatic N) is 3. The van der Waals surface area contributed by atoms with Crippen molar-refractivity contribution >= 4 is 0 Å². The van der Waals surface area contributed by atoms with Crippen LogP contribution in [-0.4, -0.2) is 16.2 Å². The first-order chi connectivity index (χ1) is 4.97. The molecule has 0 aromatic carbocycles. The maximum atomic E-state index is 3.95. The number of hydrogen-bond acceptors (Lipinski definition) is 2. The normalized spacial score (nSPS) is 16.6. The standard InChI is InChI=1S/C7H9N3/c1-2-5-9(4-1)10-6-3-8-7-10/h1,3-4,6-7H,2,5H2. The Morgan fingerprint density at radius 1 is 1.40 bits per heavy atom. The van der Waals surface area contributed by atoms with Gasteiger partial charge in [0.1, 0.15) is 6.33 Å². The highest BCUT2D eigenvalue weighted by atomic mass is 15.5. The van der Waals surface area contributed by atoms with Gasteiger partial charge in [0.2, 0.25) is 0 Å². The van der Waals surface area contributed by atoms with Crippen LogP contribution in [0.2, 0.25) is 0 Å². The summed E-state index contributed by atoms with van der Waals surface area (Å²) in [5.74, 6) is 0. The Morgan fingerprint density at radius 2 is 2.40 bits per heavy atom. The van der Waals surface area contributed by atoms with Crippen LogP contribution in [0, 0.1) is 0 Å². The molecule has 0 N–H and O–H groups in total. The van der Waals surface area contributed by atoms with E-state index in [1.54, 1.807) is 12.5 Å². The lowest BCUT2D eigenvalue weighted by Gasteiger charge is -2.15. The molecule has 2 rings (SSSR count). The van der Waals surface area contributed by atoms with E-state index in [0.29, 0.717) is 0 Å². The smallest absolute Gasteiger partial charge is 0.114 e. The summed E-state index contributed by atoms with van der Waals surface area (Å²) in [6, 6.07) is 0. The molecule has 0 saturated heterocycles. The summed E-state index contributed by atoms with van der Waals surface area (Å²) in [7, 11) is 0. The summed E-state index contributed by atoms with van der Waals surface area (Å²) in [5.41, 5.74) is 0. The summed E-state index contributed by atoms with van der Waals surface area (Å²) in [4.78, 5) is 3.95. The SMILES string of the molecule is C1=CN(n2ccnc2)CC1. The van der Waals surface area contributed by atoms with Crippen LogP contribution in [0.5, 0.6) is 0 Å². The molecule has 1 aliphatic rings. The Labute approximate surface area is 59.6 Å². The fourth-order valence-electron chi connectivity index (χ4n) is 1.07. The third kappa shape index (κ3) is 0.795. The summed E-state index contributed by atoms with van der Waals surface area (Å²) >= 11 is 0. The lowest BCUT2D eigenvalue weighted by molar-refractivity contribution is 0.710. The van der Waals surface area contributed by atoms with Crippen molar-refractivity contribution < 1.29 is 0 Å². The molecule has 1 aromatic heterocycles. The van der Waals surface area contributed by atoms with E-state index in [1.165, 1.54) is 0 Å². The van der Waals surface area contributed by atoms with Gasteiger partial charge in [0.15, 0.2) is 0 Å². The Hall–Kier alpha value is -1.25. The number of rotatable bonds is 1. The topological polar surface area (TPSA) is 21.1 Å². The highest BCUT2D eigenvalue weighted by Gasteiger charge is 2.03. The molecule has 0 saturated carbocycles. The molecule has 0 amide bonds. The van der Waals surface area contributed by atoms with Gasteiger partial charge >= 0.3 is 0 Å². The van der Waals surface area contributed by atoms with E-state index >= 15 is 0 Å². The predicted octanol–water partition coefficient (Wildman–Crippen LogP) is 0.738. The van der Waals surface area contributed by atoms with Gasteiger partial charge < -0.3 is 0 Å². The second-order valence-electron chi connectivity index (χ2n) is 2.28. The average molecular weight is 135 g/mol. The summed E-state index contributed by atoms with van der Waals surface area (Å²) in [6.45, 7) is 1.07.